The minimum absolute atomic E-state index is 0.291. The van der Waals surface area contributed by atoms with E-state index >= 15 is 0 Å². The lowest BCUT2D eigenvalue weighted by Crippen LogP contribution is -2.15. The Morgan fingerprint density at radius 1 is 1.47 bits per heavy atom. The van der Waals surface area contributed by atoms with Crippen LogP contribution in [0.2, 0.25) is 0 Å². The van der Waals surface area contributed by atoms with Crippen LogP contribution in [0.15, 0.2) is 18.5 Å². The highest BCUT2D eigenvalue weighted by Gasteiger charge is 2.21. The van der Waals surface area contributed by atoms with E-state index in [9.17, 15) is 0 Å². The molecule has 2 heterocycles. The summed E-state index contributed by atoms with van der Waals surface area (Å²) in [5.74, 6) is 0. The number of aryl methyl sites for hydroxylation is 3. The third-order valence-electron chi connectivity index (χ3n) is 3.40. The molecule has 1 atom stereocenters. The molecule has 0 radical (unpaired) electrons. The first-order chi connectivity index (χ1) is 8.28. The minimum atomic E-state index is 0.291. The number of rotatable bonds is 3. The van der Waals surface area contributed by atoms with Crippen LogP contribution in [0.1, 0.15) is 33.3 Å². The van der Waals surface area contributed by atoms with Gasteiger partial charge in [0.1, 0.15) is 0 Å². The molecule has 0 aromatic carbocycles. The fourth-order valence-corrected chi connectivity index (χ4v) is 3.95. The molecule has 0 bridgehead atoms. The van der Waals surface area contributed by atoms with E-state index in [0.29, 0.717) is 6.04 Å². The molecule has 17 heavy (non-hydrogen) atoms. The van der Waals surface area contributed by atoms with Crippen LogP contribution in [0.5, 0.6) is 0 Å². The Labute approximate surface area is 105 Å². The summed E-state index contributed by atoms with van der Waals surface area (Å²) in [5, 5.41) is 7.65. The average Bonchev–Trinajstić information content (AvgIpc) is 2.95. The van der Waals surface area contributed by atoms with Crippen LogP contribution < -0.4 is 5.32 Å². The van der Waals surface area contributed by atoms with E-state index in [2.05, 4.69) is 22.7 Å². The molecule has 0 saturated heterocycles. The second-order valence-corrected chi connectivity index (χ2v) is 5.79. The van der Waals surface area contributed by atoms with Crippen molar-refractivity contribution in [3.05, 3.63) is 39.3 Å². The second-order valence-electron chi connectivity index (χ2n) is 4.62. The third kappa shape index (κ3) is 1.91. The van der Waals surface area contributed by atoms with Gasteiger partial charge in [0.05, 0.1) is 12.2 Å². The third-order valence-corrected chi connectivity index (χ3v) is 4.70. The first-order valence-corrected chi connectivity index (χ1v) is 6.87. The minimum Gasteiger partial charge on any atom is -0.309 e. The lowest BCUT2D eigenvalue weighted by Gasteiger charge is -2.12. The zero-order valence-corrected chi connectivity index (χ0v) is 11.0. The van der Waals surface area contributed by atoms with Crippen LogP contribution in [0.4, 0.5) is 0 Å². The molecule has 3 rings (SSSR count). The molecular formula is C13H17N3S. The number of aromatic nitrogens is 2. The summed E-state index contributed by atoms with van der Waals surface area (Å²) in [4.78, 5) is 3.01. The Morgan fingerprint density at radius 3 is 3.00 bits per heavy atom. The molecule has 4 heteroatoms. The van der Waals surface area contributed by atoms with Gasteiger partial charge in [0.25, 0.3) is 0 Å². The van der Waals surface area contributed by atoms with Gasteiger partial charge in [-0.1, -0.05) is 0 Å². The van der Waals surface area contributed by atoms with Crippen molar-refractivity contribution < 1.29 is 0 Å². The van der Waals surface area contributed by atoms with E-state index in [1.54, 1.807) is 10.4 Å². The molecule has 2 aromatic rings. The molecule has 1 unspecified atom stereocenters. The lowest BCUT2D eigenvalue weighted by molar-refractivity contribution is 0.700. The van der Waals surface area contributed by atoms with Gasteiger partial charge in [-0.05, 0) is 37.9 Å². The molecule has 2 aromatic heterocycles. The maximum atomic E-state index is 4.26. The normalized spacial score (nSPS) is 16.1. The van der Waals surface area contributed by atoms with Crippen LogP contribution >= 0.6 is 11.3 Å². The van der Waals surface area contributed by atoms with Crippen molar-refractivity contribution in [2.45, 2.75) is 25.3 Å². The summed E-state index contributed by atoms with van der Waals surface area (Å²) in [6, 6.07) is 2.67. The predicted molar refractivity (Wildman–Crippen MR) is 70.5 cm³/mol. The predicted octanol–water partition coefficient (Wildman–Crippen LogP) is 2.28. The second kappa shape index (κ2) is 4.27. The summed E-state index contributed by atoms with van der Waals surface area (Å²) in [6.07, 6.45) is 7.90. The number of fused-ring (bicyclic) bond motifs is 1. The molecular weight excluding hydrogens is 230 g/mol. The Bertz CT molecular complexity index is 505. The maximum Gasteiger partial charge on any atom is 0.0699 e. The summed E-state index contributed by atoms with van der Waals surface area (Å²) >= 11 is 1.96. The van der Waals surface area contributed by atoms with Crippen molar-refractivity contribution in [2.75, 3.05) is 7.05 Å². The standard InChI is InChI=1S/C13H17N3S/c1-14-13(10-7-15-16(2)8-10)12-6-9-4-3-5-11(9)17-12/h6-8,13-14H,3-5H2,1-2H3. The fourth-order valence-electron chi connectivity index (χ4n) is 2.56. The van der Waals surface area contributed by atoms with E-state index in [1.165, 1.54) is 29.7 Å². The van der Waals surface area contributed by atoms with Gasteiger partial charge in [0, 0.05) is 28.6 Å². The van der Waals surface area contributed by atoms with Gasteiger partial charge in [0.2, 0.25) is 0 Å². The van der Waals surface area contributed by atoms with Gasteiger partial charge >= 0.3 is 0 Å². The fraction of sp³-hybridized carbons (Fsp3) is 0.462. The van der Waals surface area contributed by atoms with E-state index in [1.807, 2.05) is 36.3 Å². The van der Waals surface area contributed by atoms with E-state index in [4.69, 9.17) is 0 Å². The highest BCUT2D eigenvalue weighted by molar-refractivity contribution is 7.12. The molecule has 1 N–H and O–H groups in total. The van der Waals surface area contributed by atoms with E-state index in [0.717, 1.165) is 0 Å². The largest absolute Gasteiger partial charge is 0.309 e. The molecule has 0 spiro atoms. The Hall–Kier alpha value is -1.13. The highest BCUT2D eigenvalue weighted by Crippen LogP contribution is 2.35. The Kier molecular flexibility index (Phi) is 2.76. The van der Waals surface area contributed by atoms with Gasteiger partial charge in [-0.15, -0.1) is 11.3 Å². The Morgan fingerprint density at radius 2 is 2.35 bits per heavy atom. The summed E-state index contributed by atoms with van der Waals surface area (Å²) in [5.41, 5.74) is 2.81. The summed E-state index contributed by atoms with van der Waals surface area (Å²) < 4.78 is 1.86. The van der Waals surface area contributed by atoms with Crippen molar-refractivity contribution >= 4 is 11.3 Å². The van der Waals surface area contributed by atoms with Crippen LogP contribution in [0.3, 0.4) is 0 Å². The highest BCUT2D eigenvalue weighted by atomic mass is 32.1. The van der Waals surface area contributed by atoms with E-state index in [-0.39, 0.29) is 0 Å². The maximum absolute atomic E-state index is 4.26. The molecule has 1 aliphatic rings. The molecule has 0 aliphatic heterocycles. The first-order valence-electron chi connectivity index (χ1n) is 6.05. The van der Waals surface area contributed by atoms with Gasteiger partial charge in [-0.25, -0.2) is 0 Å². The molecule has 3 nitrogen and oxygen atoms in total. The number of nitrogens with one attached hydrogen (secondary N) is 1. The van der Waals surface area contributed by atoms with Gasteiger partial charge < -0.3 is 5.32 Å². The molecule has 90 valence electrons. The summed E-state index contributed by atoms with van der Waals surface area (Å²) in [7, 11) is 3.98. The average molecular weight is 247 g/mol. The number of nitrogens with zero attached hydrogens (tertiary/aromatic N) is 2. The smallest absolute Gasteiger partial charge is 0.0699 e. The van der Waals surface area contributed by atoms with Gasteiger partial charge in [-0.2, -0.15) is 5.10 Å². The first kappa shape index (κ1) is 11.0. The zero-order valence-electron chi connectivity index (χ0n) is 10.2. The van der Waals surface area contributed by atoms with Crippen molar-refractivity contribution in [1.82, 2.24) is 15.1 Å². The molecule has 1 aliphatic carbocycles. The topological polar surface area (TPSA) is 29.9 Å². The molecule has 0 amide bonds. The molecule has 0 fully saturated rings. The Balaban J connectivity index is 1.94. The van der Waals surface area contributed by atoms with Crippen LogP contribution in [-0.2, 0) is 19.9 Å². The molecule has 0 saturated carbocycles. The number of hydrogen-bond donors (Lipinski definition) is 1. The van der Waals surface area contributed by atoms with Crippen LogP contribution in [0, 0.1) is 0 Å². The van der Waals surface area contributed by atoms with Crippen molar-refractivity contribution in [3.8, 4) is 0 Å². The van der Waals surface area contributed by atoms with Crippen LogP contribution in [0.25, 0.3) is 0 Å². The van der Waals surface area contributed by atoms with Crippen molar-refractivity contribution in [1.29, 1.82) is 0 Å². The van der Waals surface area contributed by atoms with Gasteiger partial charge in [0.15, 0.2) is 0 Å². The zero-order chi connectivity index (χ0) is 11.8. The quantitative estimate of drug-likeness (QED) is 0.902. The van der Waals surface area contributed by atoms with Crippen LogP contribution in [-0.4, -0.2) is 16.8 Å². The van der Waals surface area contributed by atoms with E-state index < -0.39 is 0 Å². The van der Waals surface area contributed by atoms with Crippen molar-refractivity contribution in [2.24, 2.45) is 7.05 Å². The summed E-state index contributed by atoms with van der Waals surface area (Å²) in [6.45, 7) is 0. The lowest BCUT2D eigenvalue weighted by atomic mass is 10.1. The number of thiophene rings is 1. The van der Waals surface area contributed by atoms with Crippen molar-refractivity contribution in [3.63, 3.8) is 0 Å². The number of hydrogen-bond acceptors (Lipinski definition) is 3. The monoisotopic (exact) mass is 247 g/mol. The van der Waals surface area contributed by atoms with Gasteiger partial charge in [-0.3, -0.25) is 4.68 Å². The SMILES string of the molecule is CNC(c1cnn(C)c1)c1cc2c(s1)CCC2.